The highest BCUT2D eigenvalue weighted by Gasteiger charge is 2.16. The van der Waals surface area contributed by atoms with Gasteiger partial charge in [-0.1, -0.05) is 0 Å². The molecule has 0 amide bonds. The van der Waals surface area contributed by atoms with Crippen LogP contribution in [-0.2, 0) is 18.3 Å². The van der Waals surface area contributed by atoms with Crippen molar-refractivity contribution in [2.24, 2.45) is 7.05 Å². The minimum atomic E-state index is -0.945. The maximum absolute atomic E-state index is 13.6. The predicted octanol–water partition coefficient (Wildman–Crippen LogP) is 2.70. The summed E-state index contributed by atoms with van der Waals surface area (Å²) >= 11 is 0. The highest BCUT2D eigenvalue weighted by Crippen LogP contribution is 2.21. The summed E-state index contributed by atoms with van der Waals surface area (Å²) in [6, 6.07) is 3.65. The Hall–Kier alpha value is -2.37. The number of anilines is 1. The lowest BCUT2D eigenvalue weighted by molar-refractivity contribution is 0.0595. The Balaban J connectivity index is 2.20. The van der Waals surface area contributed by atoms with Crippen LogP contribution in [0.3, 0.4) is 0 Å². The molecule has 0 fully saturated rings. The van der Waals surface area contributed by atoms with Crippen molar-refractivity contribution >= 4 is 11.7 Å². The number of methoxy groups -OCH3 is 1. The number of hydrogen-bond donors (Lipinski definition) is 1. The molecule has 0 aliphatic heterocycles. The van der Waals surface area contributed by atoms with Crippen LogP contribution >= 0.6 is 0 Å². The SMILES string of the molecule is COC(=O)c1cc(NCc2ccn(C)c2)c(F)cc1F. The standard InChI is InChI=1S/C14H14F2N2O2/c1-18-4-3-9(8-18)7-17-13-5-10(14(19)20-2)11(15)6-12(13)16/h3-6,8,17H,7H2,1-2H3. The summed E-state index contributed by atoms with van der Waals surface area (Å²) in [6.07, 6.45) is 3.73. The molecule has 0 aliphatic carbocycles. The van der Waals surface area contributed by atoms with Crippen molar-refractivity contribution in [3.05, 3.63) is 53.4 Å². The molecule has 0 aliphatic rings. The lowest BCUT2D eigenvalue weighted by atomic mass is 10.1. The van der Waals surface area contributed by atoms with Crippen LogP contribution in [0.25, 0.3) is 0 Å². The molecule has 106 valence electrons. The largest absolute Gasteiger partial charge is 0.465 e. The summed E-state index contributed by atoms with van der Waals surface area (Å²) < 4.78 is 33.4. The lowest BCUT2D eigenvalue weighted by Crippen LogP contribution is -2.08. The zero-order valence-corrected chi connectivity index (χ0v) is 11.1. The molecule has 20 heavy (non-hydrogen) atoms. The van der Waals surface area contributed by atoms with Crippen molar-refractivity contribution in [3.63, 3.8) is 0 Å². The zero-order chi connectivity index (χ0) is 14.7. The van der Waals surface area contributed by atoms with Gasteiger partial charge < -0.3 is 14.6 Å². The Bertz CT molecular complexity index is 638. The molecule has 0 unspecified atom stereocenters. The van der Waals surface area contributed by atoms with Gasteiger partial charge in [0, 0.05) is 32.1 Å². The molecule has 0 spiro atoms. The quantitative estimate of drug-likeness (QED) is 0.876. The molecular formula is C14H14F2N2O2. The Morgan fingerprint density at radius 2 is 2.10 bits per heavy atom. The van der Waals surface area contributed by atoms with E-state index in [1.54, 1.807) is 0 Å². The third-order valence-corrected chi connectivity index (χ3v) is 2.84. The third kappa shape index (κ3) is 2.96. The van der Waals surface area contributed by atoms with E-state index in [1.165, 1.54) is 0 Å². The first-order valence-corrected chi connectivity index (χ1v) is 5.93. The maximum Gasteiger partial charge on any atom is 0.340 e. The molecule has 0 atom stereocenters. The molecule has 4 nitrogen and oxygen atoms in total. The van der Waals surface area contributed by atoms with Gasteiger partial charge in [-0.15, -0.1) is 0 Å². The average molecular weight is 280 g/mol. The number of esters is 1. The topological polar surface area (TPSA) is 43.3 Å². The highest BCUT2D eigenvalue weighted by atomic mass is 19.1. The minimum Gasteiger partial charge on any atom is -0.465 e. The molecule has 0 radical (unpaired) electrons. The van der Waals surface area contributed by atoms with Gasteiger partial charge in [-0.25, -0.2) is 13.6 Å². The number of nitrogens with zero attached hydrogens (tertiary/aromatic N) is 1. The van der Waals surface area contributed by atoms with E-state index in [0.29, 0.717) is 12.6 Å². The van der Waals surface area contributed by atoms with Crippen molar-refractivity contribution in [2.45, 2.75) is 6.54 Å². The molecule has 2 aromatic rings. The predicted molar refractivity (Wildman–Crippen MR) is 70.4 cm³/mol. The molecule has 2 rings (SSSR count). The molecule has 0 saturated heterocycles. The number of aryl methyl sites for hydroxylation is 1. The second kappa shape index (κ2) is 5.73. The number of nitrogens with one attached hydrogen (secondary N) is 1. The molecule has 6 heteroatoms. The number of carbonyl (C=O) groups is 1. The van der Waals surface area contributed by atoms with E-state index in [0.717, 1.165) is 18.7 Å². The van der Waals surface area contributed by atoms with Crippen LogP contribution in [0.2, 0.25) is 0 Å². The van der Waals surface area contributed by atoms with E-state index in [4.69, 9.17) is 0 Å². The molecule has 0 saturated carbocycles. The fourth-order valence-electron chi connectivity index (χ4n) is 1.81. The molecule has 1 N–H and O–H groups in total. The van der Waals surface area contributed by atoms with Gasteiger partial charge in [0.05, 0.1) is 18.4 Å². The van der Waals surface area contributed by atoms with Crippen molar-refractivity contribution in [1.82, 2.24) is 4.57 Å². The monoisotopic (exact) mass is 280 g/mol. The van der Waals surface area contributed by atoms with E-state index in [-0.39, 0.29) is 11.3 Å². The molecule has 1 aromatic heterocycles. The van der Waals surface area contributed by atoms with E-state index in [2.05, 4.69) is 10.1 Å². The number of hydrogen-bond acceptors (Lipinski definition) is 3. The molecule has 0 bridgehead atoms. The van der Waals surface area contributed by atoms with Crippen molar-refractivity contribution in [3.8, 4) is 0 Å². The second-order valence-corrected chi connectivity index (χ2v) is 4.34. The minimum absolute atomic E-state index is 0.0515. The van der Waals surface area contributed by atoms with E-state index in [1.807, 2.05) is 30.1 Å². The van der Waals surface area contributed by atoms with Crippen molar-refractivity contribution < 1.29 is 18.3 Å². The Labute approximate surface area is 115 Å². The fourth-order valence-corrected chi connectivity index (χ4v) is 1.81. The summed E-state index contributed by atoms with van der Waals surface area (Å²) in [5.74, 6) is -2.55. The number of aromatic nitrogens is 1. The van der Waals surface area contributed by atoms with Gasteiger partial charge in [-0.05, 0) is 17.7 Å². The molecule has 1 heterocycles. The summed E-state index contributed by atoms with van der Waals surface area (Å²) in [5.41, 5.74) is 0.691. The van der Waals surface area contributed by atoms with E-state index in [9.17, 15) is 13.6 Å². The Morgan fingerprint density at radius 3 is 2.70 bits per heavy atom. The van der Waals surface area contributed by atoms with Gasteiger partial charge in [0.15, 0.2) is 0 Å². The normalized spacial score (nSPS) is 10.4. The summed E-state index contributed by atoms with van der Waals surface area (Å²) in [5, 5.41) is 2.83. The van der Waals surface area contributed by atoms with Gasteiger partial charge >= 0.3 is 5.97 Å². The number of benzene rings is 1. The zero-order valence-electron chi connectivity index (χ0n) is 11.1. The molecule has 1 aromatic carbocycles. The number of carbonyl (C=O) groups excluding carboxylic acids is 1. The Morgan fingerprint density at radius 1 is 1.35 bits per heavy atom. The van der Waals surface area contributed by atoms with Crippen LogP contribution in [-0.4, -0.2) is 17.6 Å². The smallest absolute Gasteiger partial charge is 0.340 e. The van der Waals surface area contributed by atoms with Crippen LogP contribution in [0.5, 0.6) is 0 Å². The van der Waals surface area contributed by atoms with Gasteiger partial charge in [-0.3, -0.25) is 0 Å². The first kappa shape index (κ1) is 14.0. The first-order valence-electron chi connectivity index (χ1n) is 5.93. The summed E-state index contributed by atoms with van der Waals surface area (Å²) in [6.45, 7) is 0.365. The number of rotatable bonds is 4. The maximum atomic E-state index is 13.6. The fraction of sp³-hybridized carbons (Fsp3) is 0.214. The van der Waals surface area contributed by atoms with Crippen LogP contribution in [0.15, 0.2) is 30.6 Å². The van der Waals surface area contributed by atoms with Gasteiger partial charge in [-0.2, -0.15) is 0 Å². The van der Waals surface area contributed by atoms with Crippen molar-refractivity contribution in [1.29, 1.82) is 0 Å². The van der Waals surface area contributed by atoms with Crippen LogP contribution in [0.1, 0.15) is 15.9 Å². The van der Waals surface area contributed by atoms with Gasteiger partial charge in [0.2, 0.25) is 0 Å². The second-order valence-electron chi connectivity index (χ2n) is 4.34. The lowest BCUT2D eigenvalue weighted by Gasteiger charge is -2.09. The third-order valence-electron chi connectivity index (χ3n) is 2.84. The Kier molecular flexibility index (Phi) is 4.02. The van der Waals surface area contributed by atoms with Crippen molar-refractivity contribution in [2.75, 3.05) is 12.4 Å². The highest BCUT2D eigenvalue weighted by molar-refractivity contribution is 5.90. The van der Waals surface area contributed by atoms with Crippen LogP contribution in [0.4, 0.5) is 14.5 Å². The average Bonchev–Trinajstić information content (AvgIpc) is 2.83. The van der Waals surface area contributed by atoms with Crippen LogP contribution in [0, 0.1) is 11.6 Å². The summed E-state index contributed by atoms with van der Waals surface area (Å²) in [4.78, 5) is 11.4. The van der Waals surface area contributed by atoms with E-state index < -0.39 is 17.6 Å². The number of ether oxygens (including phenoxy) is 1. The van der Waals surface area contributed by atoms with Crippen LogP contribution < -0.4 is 5.32 Å². The first-order chi connectivity index (χ1) is 9.51. The van der Waals surface area contributed by atoms with E-state index >= 15 is 0 Å². The number of halogens is 2. The summed E-state index contributed by atoms with van der Waals surface area (Å²) in [7, 11) is 3.01. The van der Waals surface area contributed by atoms with Gasteiger partial charge in [0.1, 0.15) is 11.6 Å². The van der Waals surface area contributed by atoms with Gasteiger partial charge in [0.25, 0.3) is 0 Å². The molecular weight excluding hydrogens is 266 g/mol.